The van der Waals surface area contributed by atoms with Crippen LogP contribution in [0.1, 0.15) is 298 Å². The van der Waals surface area contributed by atoms with Crippen molar-refractivity contribution < 1.29 is 23.9 Å². The maximum Gasteiger partial charge on any atom is 0.305 e. The summed E-state index contributed by atoms with van der Waals surface area (Å²) in [7, 11) is 0. The van der Waals surface area contributed by atoms with E-state index in [1.54, 1.807) is 0 Å². The summed E-state index contributed by atoms with van der Waals surface area (Å²) in [5.41, 5.74) is 0. The Morgan fingerprint density at radius 2 is 0.866 bits per heavy atom. The van der Waals surface area contributed by atoms with Crippen LogP contribution >= 0.6 is 0 Å². The molecular formula is C60H116N2O5. The molecule has 1 aliphatic heterocycles. The number of ketones is 1. The van der Waals surface area contributed by atoms with Gasteiger partial charge in [-0.3, -0.25) is 14.4 Å². The van der Waals surface area contributed by atoms with E-state index in [-0.39, 0.29) is 24.3 Å². The van der Waals surface area contributed by atoms with Crippen LogP contribution in [0.15, 0.2) is 0 Å². The van der Waals surface area contributed by atoms with Gasteiger partial charge in [0.15, 0.2) is 5.78 Å². The number of carbonyl (C=O) groups is 3. The number of Topliss-reactive ketones (excluding diaryl/α,β-unsaturated/α-hetero) is 1. The standard InChI is InChI=1S/C60H116N2O5/c1-6-11-16-19-28-35-50-62(51-38-49-61-47-36-37-48-61)60(65)57(44-32-25-21-23-27-34-46-59(64)67-53-56(40-15-10-5)42-30-18-13-8-3)43-31-24-20-22-26-33-45-58(63)54-66-52-55(39-14-9-4)41-29-17-12-7-2/h55-57H,6-54H2,1-5H3. The second-order valence-corrected chi connectivity index (χ2v) is 21.5. The summed E-state index contributed by atoms with van der Waals surface area (Å²) in [6, 6.07) is 0. The molecule has 396 valence electrons. The third-order valence-corrected chi connectivity index (χ3v) is 14.9. The fourth-order valence-electron chi connectivity index (χ4n) is 10.4. The molecule has 1 fully saturated rings. The van der Waals surface area contributed by atoms with E-state index >= 15 is 0 Å². The molecule has 67 heavy (non-hydrogen) atoms. The molecule has 1 rings (SSSR count). The quantitative estimate of drug-likeness (QED) is 0.0447. The van der Waals surface area contributed by atoms with Gasteiger partial charge >= 0.3 is 5.97 Å². The topological polar surface area (TPSA) is 76.2 Å². The van der Waals surface area contributed by atoms with Crippen LogP contribution in [0.25, 0.3) is 0 Å². The zero-order valence-electron chi connectivity index (χ0n) is 45.8. The second-order valence-electron chi connectivity index (χ2n) is 21.5. The SMILES string of the molecule is CCCCCCCCN(CCCN1CCCC1)C(=O)C(CCCCCCCCC(=O)COCC(CCCC)CCCCCC)CCCCCCCCC(=O)OCC(CCCC)CCCCCC. The summed E-state index contributed by atoms with van der Waals surface area (Å²) < 4.78 is 11.8. The fourth-order valence-corrected chi connectivity index (χ4v) is 10.4. The van der Waals surface area contributed by atoms with Crippen molar-refractivity contribution in [1.82, 2.24) is 9.80 Å². The van der Waals surface area contributed by atoms with Crippen LogP contribution < -0.4 is 0 Å². The molecule has 7 heteroatoms. The molecule has 1 heterocycles. The molecule has 0 radical (unpaired) electrons. The molecule has 0 spiro atoms. The molecule has 0 saturated carbocycles. The Balaban J connectivity index is 2.58. The lowest BCUT2D eigenvalue weighted by Crippen LogP contribution is -2.39. The molecule has 0 aliphatic carbocycles. The van der Waals surface area contributed by atoms with E-state index in [0.29, 0.717) is 37.2 Å². The molecule has 3 unspecified atom stereocenters. The zero-order chi connectivity index (χ0) is 48.7. The minimum Gasteiger partial charge on any atom is -0.465 e. The van der Waals surface area contributed by atoms with Crippen LogP contribution in [0.3, 0.4) is 0 Å². The van der Waals surface area contributed by atoms with Crippen molar-refractivity contribution in [3.8, 4) is 0 Å². The van der Waals surface area contributed by atoms with Gasteiger partial charge in [-0.25, -0.2) is 0 Å². The monoisotopic (exact) mass is 945 g/mol. The second kappa shape index (κ2) is 48.2. The van der Waals surface area contributed by atoms with Crippen molar-refractivity contribution >= 4 is 17.7 Å². The van der Waals surface area contributed by atoms with E-state index in [4.69, 9.17) is 9.47 Å². The van der Waals surface area contributed by atoms with Crippen molar-refractivity contribution in [2.45, 2.75) is 298 Å². The van der Waals surface area contributed by atoms with Gasteiger partial charge in [-0.15, -0.1) is 0 Å². The van der Waals surface area contributed by atoms with Crippen LogP contribution in [0.5, 0.6) is 0 Å². The van der Waals surface area contributed by atoms with Crippen molar-refractivity contribution in [2.75, 3.05) is 52.5 Å². The summed E-state index contributed by atoms with van der Waals surface area (Å²) in [5.74, 6) is 1.95. The molecular weight excluding hydrogens is 829 g/mol. The van der Waals surface area contributed by atoms with E-state index in [1.807, 2.05) is 0 Å². The van der Waals surface area contributed by atoms with E-state index in [9.17, 15) is 14.4 Å². The average molecular weight is 946 g/mol. The van der Waals surface area contributed by atoms with Crippen LogP contribution in [0, 0.1) is 17.8 Å². The Morgan fingerprint density at radius 1 is 0.448 bits per heavy atom. The van der Waals surface area contributed by atoms with Crippen LogP contribution in [0.2, 0.25) is 0 Å². The summed E-state index contributed by atoms with van der Waals surface area (Å²) in [6.45, 7) is 18.3. The lowest BCUT2D eigenvalue weighted by molar-refractivity contribution is -0.145. The molecule has 1 amide bonds. The molecule has 0 aromatic rings. The molecule has 0 N–H and O–H groups in total. The first-order valence-electron chi connectivity index (χ1n) is 30.1. The van der Waals surface area contributed by atoms with Gasteiger partial charge in [-0.2, -0.15) is 0 Å². The smallest absolute Gasteiger partial charge is 0.305 e. The van der Waals surface area contributed by atoms with Gasteiger partial charge in [0.05, 0.1) is 6.61 Å². The minimum atomic E-state index is -0.00684. The number of carbonyl (C=O) groups excluding carboxylic acids is 3. The molecule has 1 aliphatic rings. The van der Waals surface area contributed by atoms with Crippen LogP contribution in [0.4, 0.5) is 0 Å². The number of amides is 1. The third-order valence-electron chi connectivity index (χ3n) is 14.9. The van der Waals surface area contributed by atoms with Crippen molar-refractivity contribution in [2.24, 2.45) is 17.8 Å². The number of unbranched alkanes of at least 4 members (excludes halogenated alkanes) is 23. The predicted molar refractivity (Wildman–Crippen MR) is 288 cm³/mol. The van der Waals surface area contributed by atoms with Crippen molar-refractivity contribution in [3.05, 3.63) is 0 Å². The Hall–Kier alpha value is -1.47. The Bertz CT molecular complexity index is 1090. The number of nitrogens with zero attached hydrogens (tertiary/aromatic N) is 2. The summed E-state index contributed by atoms with van der Waals surface area (Å²) in [5, 5.41) is 0. The van der Waals surface area contributed by atoms with E-state index in [2.05, 4.69) is 44.4 Å². The number of rotatable bonds is 52. The first-order valence-corrected chi connectivity index (χ1v) is 30.1. The first kappa shape index (κ1) is 63.5. The van der Waals surface area contributed by atoms with Gasteiger partial charge in [0.2, 0.25) is 5.91 Å². The number of likely N-dealkylation sites (tertiary alicyclic amines) is 1. The van der Waals surface area contributed by atoms with Gasteiger partial charge in [-0.1, -0.05) is 208 Å². The highest BCUT2D eigenvalue weighted by atomic mass is 16.5. The normalized spacial score (nSPS) is 14.4. The Kier molecular flexibility index (Phi) is 45.7. The van der Waals surface area contributed by atoms with Crippen LogP contribution in [-0.2, 0) is 23.9 Å². The third kappa shape index (κ3) is 38.9. The van der Waals surface area contributed by atoms with E-state index in [0.717, 1.165) is 96.9 Å². The summed E-state index contributed by atoms with van der Waals surface area (Å²) in [4.78, 5) is 44.6. The van der Waals surface area contributed by atoms with Gasteiger partial charge < -0.3 is 19.3 Å². The lowest BCUT2D eigenvalue weighted by atomic mass is 9.92. The molecule has 0 bridgehead atoms. The highest BCUT2D eigenvalue weighted by molar-refractivity contribution is 5.79. The lowest BCUT2D eigenvalue weighted by Gasteiger charge is -2.29. The van der Waals surface area contributed by atoms with Crippen molar-refractivity contribution in [3.63, 3.8) is 0 Å². The summed E-state index contributed by atoms with van der Waals surface area (Å²) in [6.07, 6.45) is 47.9. The predicted octanol–water partition coefficient (Wildman–Crippen LogP) is 17.2. The maximum atomic E-state index is 14.5. The number of hydrogen-bond donors (Lipinski definition) is 0. The first-order chi connectivity index (χ1) is 32.9. The largest absolute Gasteiger partial charge is 0.465 e. The number of hydrogen-bond acceptors (Lipinski definition) is 6. The van der Waals surface area contributed by atoms with Gasteiger partial charge in [0, 0.05) is 38.5 Å². The molecule has 0 aromatic carbocycles. The van der Waals surface area contributed by atoms with Gasteiger partial charge in [-0.05, 0) is 109 Å². The average Bonchev–Trinajstić information content (AvgIpc) is 3.86. The molecule has 3 atom stereocenters. The number of esters is 1. The zero-order valence-corrected chi connectivity index (χ0v) is 45.8. The van der Waals surface area contributed by atoms with Gasteiger partial charge in [0.1, 0.15) is 6.61 Å². The Morgan fingerprint density at radius 3 is 1.42 bits per heavy atom. The maximum absolute atomic E-state index is 14.5. The number of ether oxygens (including phenoxy) is 2. The highest BCUT2D eigenvalue weighted by Crippen LogP contribution is 2.24. The Labute approximate surface area is 417 Å². The van der Waals surface area contributed by atoms with E-state index < -0.39 is 0 Å². The minimum absolute atomic E-state index is 0.00684. The van der Waals surface area contributed by atoms with Crippen LogP contribution in [-0.4, -0.2) is 80.0 Å². The fraction of sp³-hybridized carbons (Fsp3) is 0.950. The molecule has 0 aromatic heterocycles. The highest BCUT2D eigenvalue weighted by Gasteiger charge is 2.24. The molecule has 7 nitrogen and oxygen atoms in total. The van der Waals surface area contributed by atoms with E-state index in [1.165, 1.54) is 193 Å². The molecule has 1 saturated heterocycles. The van der Waals surface area contributed by atoms with Crippen molar-refractivity contribution in [1.29, 1.82) is 0 Å². The van der Waals surface area contributed by atoms with Gasteiger partial charge in [0.25, 0.3) is 0 Å². The summed E-state index contributed by atoms with van der Waals surface area (Å²) >= 11 is 0.